The fraction of sp³-hybridized carbons (Fsp3) is 0.562. The fourth-order valence-corrected chi connectivity index (χ4v) is 3.92. The van der Waals surface area contributed by atoms with Crippen LogP contribution in [0.25, 0.3) is 0 Å². The van der Waals surface area contributed by atoms with E-state index in [9.17, 15) is 13.2 Å². The molecule has 1 amide bonds. The van der Waals surface area contributed by atoms with Crippen molar-refractivity contribution in [3.05, 3.63) is 17.7 Å². The molecule has 1 aliphatic heterocycles. The first-order valence-corrected chi connectivity index (χ1v) is 9.64. The molecule has 1 saturated heterocycles. The predicted molar refractivity (Wildman–Crippen MR) is 93.1 cm³/mol. The molecule has 1 atom stereocenters. The highest BCUT2D eigenvalue weighted by molar-refractivity contribution is 7.91. The molecule has 1 aliphatic rings. The first kappa shape index (κ1) is 18.5. The first-order valence-electron chi connectivity index (χ1n) is 7.98. The monoisotopic (exact) mass is 355 g/mol. The van der Waals surface area contributed by atoms with E-state index in [0.717, 1.165) is 19.4 Å². The zero-order valence-electron chi connectivity index (χ0n) is 14.3. The van der Waals surface area contributed by atoms with Crippen LogP contribution in [-0.2, 0) is 9.84 Å². The Morgan fingerprint density at radius 2 is 2.17 bits per heavy atom. The van der Waals surface area contributed by atoms with Gasteiger partial charge >= 0.3 is 0 Å². The Labute approximate surface area is 143 Å². The van der Waals surface area contributed by atoms with E-state index in [0.29, 0.717) is 12.6 Å². The SMILES string of the molecule is CCS(=O)(=O)c1cc(C(=O)NCC2CCCN2C)c(OC)cc1N. The summed E-state index contributed by atoms with van der Waals surface area (Å²) in [5, 5.41) is 2.87. The zero-order valence-corrected chi connectivity index (χ0v) is 15.1. The number of carbonyl (C=O) groups excluding carboxylic acids is 1. The Balaban J connectivity index is 2.27. The van der Waals surface area contributed by atoms with E-state index >= 15 is 0 Å². The third-order valence-electron chi connectivity index (χ3n) is 4.46. The van der Waals surface area contributed by atoms with Crippen molar-refractivity contribution in [1.29, 1.82) is 0 Å². The number of sulfone groups is 1. The number of methoxy groups -OCH3 is 1. The van der Waals surface area contributed by atoms with Crippen LogP contribution in [0.3, 0.4) is 0 Å². The average Bonchev–Trinajstić information content (AvgIpc) is 2.97. The molecule has 0 bridgehead atoms. The lowest BCUT2D eigenvalue weighted by atomic mass is 10.1. The second kappa shape index (κ2) is 7.40. The maximum absolute atomic E-state index is 12.5. The molecule has 0 aromatic heterocycles. The van der Waals surface area contributed by atoms with E-state index < -0.39 is 9.84 Å². The molecule has 134 valence electrons. The summed E-state index contributed by atoms with van der Waals surface area (Å²) in [6, 6.07) is 2.99. The predicted octanol–water partition coefficient (Wildman–Crippen LogP) is 0.895. The van der Waals surface area contributed by atoms with Gasteiger partial charge in [-0.15, -0.1) is 0 Å². The highest BCUT2D eigenvalue weighted by atomic mass is 32.2. The number of amides is 1. The highest BCUT2D eigenvalue weighted by Crippen LogP contribution is 2.29. The van der Waals surface area contributed by atoms with Gasteiger partial charge in [0.25, 0.3) is 5.91 Å². The Morgan fingerprint density at radius 3 is 2.71 bits per heavy atom. The third kappa shape index (κ3) is 3.81. The number of likely N-dealkylation sites (N-methyl/N-ethyl adjacent to an activating group) is 1. The van der Waals surface area contributed by atoms with Crippen molar-refractivity contribution < 1.29 is 17.9 Å². The molecule has 8 heteroatoms. The van der Waals surface area contributed by atoms with Gasteiger partial charge in [-0.25, -0.2) is 8.42 Å². The Morgan fingerprint density at radius 1 is 1.46 bits per heavy atom. The summed E-state index contributed by atoms with van der Waals surface area (Å²) >= 11 is 0. The van der Waals surface area contributed by atoms with Gasteiger partial charge in [0.05, 0.1) is 29.0 Å². The van der Waals surface area contributed by atoms with Gasteiger partial charge in [0.2, 0.25) is 0 Å². The van der Waals surface area contributed by atoms with Crippen molar-refractivity contribution in [3.63, 3.8) is 0 Å². The molecule has 3 N–H and O–H groups in total. The van der Waals surface area contributed by atoms with Gasteiger partial charge in [-0.05, 0) is 32.5 Å². The van der Waals surface area contributed by atoms with Gasteiger partial charge < -0.3 is 20.7 Å². The second-order valence-corrected chi connectivity index (χ2v) is 8.23. The molecule has 2 rings (SSSR count). The van der Waals surface area contributed by atoms with E-state index in [1.807, 2.05) is 7.05 Å². The molecule has 1 unspecified atom stereocenters. The lowest BCUT2D eigenvalue weighted by Crippen LogP contribution is -2.38. The van der Waals surface area contributed by atoms with E-state index in [1.54, 1.807) is 0 Å². The van der Waals surface area contributed by atoms with Gasteiger partial charge in [-0.1, -0.05) is 6.92 Å². The van der Waals surface area contributed by atoms with Crippen LogP contribution in [0.1, 0.15) is 30.1 Å². The molecule has 1 fully saturated rings. The number of nitrogens with one attached hydrogen (secondary N) is 1. The van der Waals surface area contributed by atoms with Gasteiger partial charge in [0, 0.05) is 18.7 Å². The van der Waals surface area contributed by atoms with Crippen molar-refractivity contribution in [2.75, 3.05) is 38.7 Å². The van der Waals surface area contributed by atoms with E-state index in [2.05, 4.69) is 10.2 Å². The van der Waals surface area contributed by atoms with Crippen LogP contribution in [0, 0.1) is 0 Å². The third-order valence-corrected chi connectivity index (χ3v) is 6.25. The van der Waals surface area contributed by atoms with Crippen LogP contribution < -0.4 is 15.8 Å². The number of rotatable bonds is 6. The highest BCUT2D eigenvalue weighted by Gasteiger charge is 2.24. The molecule has 1 aromatic rings. The number of carbonyl (C=O) groups is 1. The van der Waals surface area contributed by atoms with Crippen molar-refractivity contribution in [2.45, 2.75) is 30.7 Å². The molecule has 0 radical (unpaired) electrons. The summed E-state index contributed by atoms with van der Waals surface area (Å²) in [5.41, 5.74) is 6.09. The maximum atomic E-state index is 12.5. The van der Waals surface area contributed by atoms with Crippen molar-refractivity contribution >= 4 is 21.4 Å². The topological polar surface area (TPSA) is 102 Å². The molecule has 0 aliphatic carbocycles. The van der Waals surface area contributed by atoms with Gasteiger partial charge in [-0.3, -0.25) is 4.79 Å². The van der Waals surface area contributed by atoms with E-state index in [1.165, 1.54) is 26.2 Å². The minimum atomic E-state index is -3.52. The number of ether oxygens (including phenoxy) is 1. The lowest BCUT2D eigenvalue weighted by Gasteiger charge is -2.20. The summed E-state index contributed by atoms with van der Waals surface area (Å²) < 4.78 is 29.5. The largest absolute Gasteiger partial charge is 0.496 e. The van der Waals surface area contributed by atoms with Gasteiger partial charge in [0.1, 0.15) is 5.75 Å². The Hall–Kier alpha value is -1.80. The standard InChI is InChI=1S/C16H25N3O4S/c1-4-24(21,22)15-8-12(14(23-3)9-13(15)17)16(20)18-10-11-6-5-7-19(11)2/h8-9,11H,4-7,10,17H2,1-3H3,(H,18,20). The smallest absolute Gasteiger partial charge is 0.255 e. The number of hydrogen-bond acceptors (Lipinski definition) is 6. The molecule has 1 heterocycles. The van der Waals surface area contributed by atoms with E-state index in [4.69, 9.17) is 10.5 Å². The zero-order chi connectivity index (χ0) is 17.9. The summed E-state index contributed by atoms with van der Waals surface area (Å²) in [7, 11) is -0.0698. The molecule has 24 heavy (non-hydrogen) atoms. The number of hydrogen-bond donors (Lipinski definition) is 2. The van der Waals surface area contributed by atoms with Crippen molar-refractivity contribution in [1.82, 2.24) is 10.2 Å². The maximum Gasteiger partial charge on any atom is 0.255 e. The quantitative estimate of drug-likeness (QED) is 0.735. The minimum absolute atomic E-state index is 0.0334. The number of nitrogen functional groups attached to an aromatic ring is 1. The minimum Gasteiger partial charge on any atom is -0.496 e. The summed E-state index contributed by atoms with van der Waals surface area (Å²) in [6.45, 7) is 3.07. The number of likely N-dealkylation sites (tertiary alicyclic amines) is 1. The second-order valence-electron chi connectivity index (χ2n) is 5.98. The lowest BCUT2D eigenvalue weighted by molar-refractivity contribution is 0.0940. The molecule has 0 spiro atoms. The number of benzene rings is 1. The summed E-state index contributed by atoms with van der Waals surface area (Å²) in [6.07, 6.45) is 2.15. The van der Waals surface area contributed by atoms with Gasteiger partial charge in [-0.2, -0.15) is 0 Å². The molecule has 0 saturated carbocycles. The molecule has 7 nitrogen and oxygen atoms in total. The van der Waals surface area contributed by atoms with Crippen LogP contribution in [0.2, 0.25) is 0 Å². The van der Waals surface area contributed by atoms with Crippen LogP contribution in [0.4, 0.5) is 5.69 Å². The van der Waals surface area contributed by atoms with Crippen LogP contribution in [-0.4, -0.2) is 58.3 Å². The van der Waals surface area contributed by atoms with Gasteiger partial charge in [0.15, 0.2) is 9.84 Å². The summed E-state index contributed by atoms with van der Waals surface area (Å²) in [5.74, 6) is -0.184. The number of nitrogens with zero attached hydrogens (tertiary/aromatic N) is 1. The molecular weight excluding hydrogens is 330 g/mol. The van der Waals surface area contributed by atoms with Crippen LogP contribution >= 0.6 is 0 Å². The molecule has 1 aromatic carbocycles. The normalized spacial score (nSPS) is 18.5. The average molecular weight is 355 g/mol. The van der Waals surface area contributed by atoms with E-state index in [-0.39, 0.29) is 33.6 Å². The Kier molecular flexibility index (Phi) is 5.71. The van der Waals surface area contributed by atoms with Crippen molar-refractivity contribution in [3.8, 4) is 5.75 Å². The van der Waals surface area contributed by atoms with Crippen LogP contribution in [0.15, 0.2) is 17.0 Å². The number of nitrogens with two attached hydrogens (primary N) is 1. The van der Waals surface area contributed by atoms with Crippen LogP contribution in [0.5, 0.6) is 5.75 Å². The Bertz CT molecular complexity index is 718. The van der Waals surface area contributed by atoms with Crippen molar-refractivity contribution in [2.24, 2.45) is 0 Å². The summed E-state index contributed by atoms with van der Waals surface area (Å²) in [4.78, 5) is 14.7. The first-order chi connectivity index (χ1) is 11.3. The fourth-order valence-electron chi connectivity index (χ4n) is 2.89. The molecular formula is C16H25N3O4S. The number of anilines is 1.